The fraction of sp³-hybridized carbons (Fsp3) is 0.692. The van der Waals surface area contributed by atoms with Crippen molar-refractivity contribution in [1.29, 1.82) is 0 Å². The number of hydrogen-bond donors (Lipinski definition) is 2. The van der Waals surface area contributed by atoms with Gasteiger partial charge in [0.05, 0.1) is 12.6 Å². The number of ether oxygens (including phenoxy) is 2. The average molecular weight is 266 g/mol. The van der Waals surface area contributed by atoms with Crippen LogP contribution in [0.25, 0.3) is 0 Å². The van der Waals surface area contributed by atoms with Crippen molar-refractivity contribution in [2.75, 3.05) is 37.5 Å². The molecule has 1 atom stereocenters. The lowest BCUT2D eigenvalue weighted by atomic mass is 10.2. The van der Waals surface area contributed by atoms with E-state index in [0.29, 0.717) is 18.5 Å². The van der Waals surface area contributed by atoms with Crippen LogP contribution in [0.1, 0.15) is 25.6 Å². The lowest BCUT2D eigenvalue weighted by molar-refractivity contribution is 0.178. The predicted molar refractivity (Wildman–Crippen MR) is 74.4 cm³/mol. The van der Waals surface area contributed by atoms with Crippen LogP contribution in [0.2, 0.25) is 0 Å². The molecule has 0 spiro atoms. The highest BCUT2D eigenvalue weighted by molar-refractivity contribution is 5.48. The van der Waals surface area contributed by atoms with Crippen LogP contribution in [0.3, 0.4) is 0 Å². The number of hydrogen-bond acceptors (Lipinski definition) is 6. The SMILES string of the molecule is CCCNc1cc(NC2CCOC2)nc(COC)n1. The molecule has 1 saturated heterocycles. The van der Waals surface area contributed by atoms with Crippen LogP contribution in [0, 0.1) is 0 Å². The van der Waals surface area contributed by atoms with Gasteiger partial charge < -0.3 is 20.1 Å². The molecular formula is C13H22N4O2. The zero-order chi connectivity index (χ0) is 13.5. The van der Waals surface area contributed by atoms with Gasteiger partial charge in [-0.1, -0.05) is 6.92 Å². The second kappa shape index (κ2) is 7.25. The minimum atomic E-state index is 0.337. The van der Waals surface area contributed by atoms with Crippen molar-refractivity contribution in [2.24, 2.45) is 0 Å². The molecule has 1 aliphatic heterocycles. The Kier molecular flexibility index (Phi) is 5.35. The molecule has 6 heteroatoms. The summed E-state index contributed by atoms with van der Waals surface area (Å²) in [5.41, 5.74) is 0. The van der Waals surface area contributed by atoms with Crippen molar-refractivity contribution in [2.45, 2.75) is 32.4 Å². The molecule has 0 aliphatic carbocycles. The van der Waals surface area contributed by atoms with Gasteiger partial charge in [0.2, 0.25) is 0 Å². The van der Waals surface area contributed by atoms with Crippen molar-refractivity contribution >= 4 is 11.6 Å². The van der Waals surface area contributed by atoms with Gasteiger partial charge >= 0.3 is 0 Å². The monoisotopic (exact) mass is 266 g/mol. The number of aromatic nitrogens is 2. The lowest BCUT2D eigenvalue weighted by Gasteiger charge is -2.14. The van der Waals surface area contributed by atoms with E-state index in [-0.39, 0.29) is 0 Å². The molecule has 0 radical (unpaired) electrons. The highest BCUT2D eigenvalue weighted by Crippen LogP contribution is 2.16. The van der Waals surface area contributed by atoms with Crippen molar-refractivity contribution < 1.29 is 9.47 Å². The minimum absolute atomic E-state index is 0.337. The average Bonchev–Trinajstić information content (AvgIpc) is 2.89. The first-order valence-electron chi connectivity index (χ1n) is 6.77. The summed E-state index contributed by atoms with van der Waals surface area (Å²) in [5.74, 6) is 2.35. The quantitative estimate of drug-likeness (QED) is 0.782. The van der Waals surface area contributed by atoms with Crippen molar-refractivity contribution in [3.63, 3.8) is 0 Å². The summed E-state index contributed by atoms with van der Waals surface area (Å²) >= 11 is 0. The van der Waals surface area contributed by atoms with Crippen molar-refractivity contribution in [3.8, 4) is 0 Å². The third-order valence-electron chi connectivity index (χ3n) is 2.88. The summed E-state index contributed by atoms with van der Waals surface area (Å²) in [7, 11) is 1.65. The van der Waals surface area contributed by atoms with Gasteiger partial charge in [-0.3, -0.25) is 0 Å². The summed E-state index contributed by atoms with van der Waals surface area (Å²) in [4.78, 5) is 8.87. The number of nitrogens with one attached hydrogen (secondary N) is 2. The van der Waals surface area contributed by atoms with Crippen molar-refractivity contribution in [1.82, 2.24) is 9.97 Å². The molecule has 19 heavy (non-hydrogen) atoms. The van der Waals surface area contributed by atoms with Crippen LogP contribution in [0.5, 0.6) is 0 Å². The number of methoxy groups -OCH3 is 1. The molecule has 1 fully saturated rings. The molecule has 0 bridgehead atoms. The molecule has 6 nitrogen and oxygen atoms in total. The molecule has 2 heterocycles. The molecule has 0 aromatic carbocycles. The minimum Gasteiger partial charge on any atom is -0.379 e. The van der Waals surface area contributed by atoms with Crippen LogP contribution in [-0.2, 0) is 16.1 Å². The van der Waals surface area contributed by atoms with E-state index >= 15 is 0 Å². The van der Waals surface area contributed by atoms with Gasteiger partial charge in [-0.05, 0) is 12.8 Å². The van der Waals surface area contributed by atoms with Gasteiger partial charge in [-0.2, -0.15) is 0 Å². The van der Waals surface area contributed by atoms with E-state index in [4.69, 9.17) is 9.47 Å². The van der Waals surface area contributed by atoms with E-state index in [2.05, 4.69) is 27.5 Å². The van der Waals surface area contributed by atoms with Gasteiger partial charge in [-0.15, -0.1) is 0 Å². The Labute approximate surface area is 113 Å². The van der Waals surface area contributed by atoms with Crippen LogP contribution in [0.4, 0.5) is 11.6 Å². The maximum Gasteiger partial charge on any atom is 0.158 e. The summed E-state index contributed by atoms with van der Waals surface area (Å²) in [6.45, 7) is 4.99. The van der Waals surface area contributed by atoms with Gasteiger partial charge in [0.1, 0.15) is 18.2 Å². The van der Waals surface area contributed by atoms with E-state index in [0.717, 1.165) is 44.2 Å². The van der Waals surface area contributed by atoms with E-state index < -0.39 is 0 Å². The van der Waals surface area contributed by atoms with E-state index in [1.165, 1.54) is 0 Å². The highest BCUT2D eigenvalue weighted by Gasteiger charge is 2.16. The van der Waals surface area contributed by atoms with Crippen LogP contribution < -0.4 is 10.6 Å². The molecule has 0 saturated carbocycles. The predicted octanol–water partition coefficient (Wildman–Crippen LogP) is 1.65. The Morgan fingerprint density at radius 1 is 1.42 bits per heavy atom. The van der Waals surface area contributed by atoms with E-state index in [1.54, 1.807) is 7.11 Å². The fourth-order valence-corrected chi connectivity index (χ4v) is 1.97. The van der Waals surface area contributed by atoms with Crippen molar-refractivity contribution in [3.05, 3.63) is 11.9 Å². The molecule has 2 rings (SSSR count). The maximum atomic E-state index is 5.36. The molecular weight excluding hydrogens is 244 g/mol. The molecule has 1 aromatic heterocycles. The summed E-state index contributed by atoms with van der Waals surface area (Å²) in [6, 6.07) is 2.27. The molecule has 1 aliphatic rings. The molecule has 1 aromatic rings. The second-order valence-electron chi connectivity index (χ2n) is 4.62. The second-order valence-corrected chi connectivity index (χ2v) is 4.62. The summed E-state index contributed by atoms with van der Waals surface area (Å²) < 4.78 is 10.5. The van der Waals surface area contributed by atoms with E-state index in [1.807, 2.05) is 6.07 Å². The zero-order valence-electron chi connectivity index (χ0n) is 11.6. The Morgan fingerprint density at radius 2 is 2.26 bits per heavy atom. The first kappa shape index (κ1) is 14.0. The fourth-order valence-electron chi connectivity index (χ4n) is 1.97. The first-order valence-corrected chi connectivity index (χ1v) is 6.77. The molecule has 0 amide bonds. The zero-order valence-corrected chi connectivity index (χ0v) is 11.6. The maximum absolute atomic E-state index is 5.36. The normalized spacial score (nSPS) is 18.5. The molecule has 106 valence electrons. The highest BCUT2D eigenvalue weighted by atomic mass is 16.5. The first-order chi connectivity index (χ1) is 9.31. The Balaban J connectivity index is 2.07. The van der Waals surface area contributed by atoms with Crippen LogP contribution in [0.15, 0.2) is 6.07 Å². The third kappa shape index (κ3) is 4.33. The number of rotatable bonds is 7. The Morgan fingerprint density at radius 3 is 2.95 bits per heavy atom. The standard InChI is InChI=1S/C13H22N4O2/c1-3-5-14-11-7-12(15-10-4-6-19-8-10)17-13(16-11)9-18-2/h7,10H,3-6,8-9H2,1-2H3,(H2,14,15,16,17). The van der Waals surface area contributed by atoms with Crippen LogP contribution in [-0.4, -0.2) is 42.9 Å². The topological polar surface area (TPSA) is 68.3 Å². The summed E-state index contributed by atoms with van der Waals surface area (Å²) in [6.07, 6.45) is 2.07. The Hall–Kier alpha value is -1.40. The van der Waals surface area contributed by atoms with E-state index in [9.17, 15) is 0 Å². The number of anilines is 2. The summed E-state index contributed by atoms with van der Waals surface area (Å²) in [5, 5.41) is 6.67. The third-order valence-corrected chi connectivity index (χ3v) is 2.88. The van der Waals surface area contributed by atoms with Gasteiger partial charge in [0, 0.05) is 26.3 Å². The van der Waals surface area contributed by atoms with Gasteiger partial charge in [0.25, 0.3) is 0 Å². The van der Waals surface area contributed by atoms with Crippen LogP contribution >= 0.6 is 0 Å². The Bertz CT molecular complexity index is 394. The lowest BCUT2D eigenvalue weighted by Crippen LogP contribution is -2.20. The van der Waals surface area contributed by atoms with Gasteiger partial charge in [-0.25, -0.2) is 9.97 Å². The smallest absolute Gasteiger partial charge is 0.158 e. The molecule has 2 N–H and O–H groups in total. The van der Waals surface area contributed by atoms with Gasteiger partial charge in [0.15, 0.2) is 5.82 Å². The molecule has 1 unspecified atom stereocenters. The largest absolute Gasteiger partial charge is 0.379 e. The number of nitrogens with zero attached hydrogens (tertiary/aromatic N) is 2.